The molecule has 1 heterocycles. The Labute approximate surface area is 117 Å². The second-order valence-corrected chi connectivity index (χ2v) is 6.03. The maximum Gasteiger partial charge on any atom is 0.249 e. The van der Waals surface area contributed by atoms with Crippen molar-refractivity contribution in [2.45, 2.75) is 33.2 Å². The first-order valence-electron chi connectivity index (χ1n) is 6.40. The molecule has 0 aliphatic carbocycles. The maximum atomic E-state index is 12.4. The Bertz CT molecular complexity index is 459. The molecule has 0 saturated carbocycles. The average Bonchev–Trinajstić information content (AvgIpc) is 2.31. The molecule has 2 rings (SSSR count). The molecule has 4 heteroatoms. The summed E-state index contributed by atoms with van der Waals surface area (Å²) in [5.41, 5.74) is 2.03. The van der Waals surface area contributed by atoms with Gasteiger partial charge in [0.2, 0.25) is 5.91 Å². The largest absolute Gasteiger partial charge is 0.372 e. The predicted molar refractivity (Wildman–Crippen MR) is 79.0 cm³/mol. The Morgan fingerprint density at radius 2 is 2.17 bits per heavy atom. The van der Waals surface area contributed by atoms with Crippen LogP contribution >= 0.6 is 15.9 Å². The number of nitrogens with one attached hydrogen (secondary N) is 1. The van der Waals surface area contributed by atoms with E-state index in [2.05, 4.69) is 35.1 Å². The molecule has 1 aromatic rings. The highest BCUT2D eigenvalue weighted by Gasteiger charge is 2.31. The van der Waals surface area contributed by atoms with Crippen molar-refractivity contribution in [2.75, 3.05) is 16.8 Å². The van der Waals surface area contributed by atoms with Gasteiger partial charge in [0.05, 0.1) is 11.4 Å². The number of halogens is 1. The summed E-state index contributed by atoms with van der Waals surface area (Å²) >= 11 is 3.47. The third kappa shape index (κ3) is 2.53. The van der Waals surface area contributed by atoms with Gasteiger partial charge in [-0.25, -0.2) is 0 Å². The Kier molecular flexibility index (Phi) is 3.95. The van der Waals surface area contributed by atoms with E-state index >= 15 is 0 Å². The molecule has 1 N–H and O–H groups in total. The van der Waals surface area contributed by atoms with Crippen molar-refractivity contribution < 1.29 is 4.79 Å². The third-order valence-electron chi connectivity index (χ3n) is 3.10. The molecule has 1 aliphatic rings. The van der Waals surface area contributed by atoms with E-state index in [-0.39, 0.29) is 11.9 Å². The van der Waals surface area contributed by atoms with Crippen molar-refractivity contribution in [1.82, 2.24) is 0 Å². The van der Waals surface area contributed by atoms with Gasteiger partial charge in [0.25, 0.3) is 0 Å². The van der Waals surface area contributed by atoms with Gasteiger partial charge < -0.3 is 10.2 Å². The number of anilines is 2. The fourth-order valence-corrected chi connectivity index (χ4v) is 2.61. The molecule has 1 aliphatic heterocycles. The van der Waals surface area contributed by atoms with Crippen LogP contribution in [0.4, 0.5) is 11.4 Å². The monoisotopic (exact) mass is 310 g/mol. The first-order chi connectivity index (χ1) is 8.52. The number of benzene rings is 1. The highest BCUT2D eigenvalue weighted by Crippen LogP contribution is 2.34. The molecule has 18 heavy (non-hydrogen) atoms. The number of carbonyl (C=O) groups is 1. The van der Waals surface area contributed by atoms with Gasteiger partial charge in [0.1, 0.15) is 6.04 Å². The summed E-state index contributed by atoms with van der Waals surface area (Å²) in [5.74, 6) is 0.641. The molecule has 0 bridgehead atoms. The van der Waals surface area contributed by atoms with E-state index in [0.29, 0.717) is 5.92 Å². The third-order valence-corrected chi connectivity index (χ3v) is 3.59. The minimum atomic E-state index is -0.106. The van der Waals surface area contributed by atoms with Gasteiger partial charge in [-0.2, -0.15) is 0 Å². The number of hydrogen-bond acceptors (Lipinski definition) is 2. The lowest BCUT2D eigenvalue weighted by atomic mass is 10.0. The first-order valence-corrected chi connectivity index (χ1v) is 7.19. The number of rotatable bonds is 3. The maximum absolute atomic E-state index is 12.4. The Morgan fingerprint density at radius 3 is 2.78 bits per heavy atom. The zero-order valence-electron chi connectivity index (χ0n) is 11.0. The van der Waals surface area contributed by atoms with E-state index in [4.69, 9.17) is 0 Å². The van der Waals surface area contributed by atoms with Crippen LogP contribution in [0.1, 0.15) is 27.2 Å². The van der Waals surface area contributed by atoms with Crippen LogP contribution in [0.2, 0.25) is 0 Å². The summed E-state index contributed by atoms with van der Waals surface area (Å²) in [6.07, 6.45) is 0.805. The van der Waals surface area contributed by atoms with Crippen molar-refractivity contribution in [1.29, 1.82) is 0 Å². The van der Waals surface area contributed by atoms with E-state index in [0.717, 1.165) is 28.8 Å². The van der Waals surface area contributed by atoms with Crippen LogP contribution in [-0.4, -0.2) is 18.5 Å². The Morgan fingerprint density at radius 1 is 1.44 bits per heavy atom. The van der Waals surface area contributed by atoms with Gasteiger partial charge >= 0.3 is 0 Å². The van der Waals surface area contributed by atoms with Crippen LogP contribution in [0.5, 0.6) is 0 Å². The van der Waals surface area contributed by atoms with E-state index in [9.17, 15) is 4.79 Å². The summed E-state index contributed by atoms with van der Waals surface area (Å²) in [6, 6.07) is 5.91. The van der Waals surface area contributed by atoms with Crippen LogP contribution in [0.25, 0.3) is 0 Å². The van der Waals surface area contributed by atoms with Crippen LogP contribution in [0.3, 0.4) is 0 Å². The van der Waals surface area contributed by atoms with E-state index < -0.39 is 0 Å². The number of fused-ring (bicyclic) bond motifs is 1. The van der Waals surface area contributed by atoms with Crippen molar-refractivity contribution in [3.63, 3.8) is 0 Å². The number of amides is 1. The van der Waals surface area contributed by atoms with Gasteiger partial charge in [-0.3, -0.25) is 4.79 Å². The Balaban J connectivity index is 2.41. The minimum Gasteiger partial charge on any atom is -0.372 e. The lowest BCUT2D eigenvalue weighted by Crippen LogP contribution is -2.48. The zero-order chi connectivity index (χ0) is 13.3. The van der Waals surface area contributed by atoms with Gasteiger partial charge in [0.15, 0.2) is 0 Å². The molecule has 1 amide bonds. The fraction of sp³-hybridized carbons (Fsp3) is 0.500. The number of hydrogen-bond donors (Lipinski definition) is 1. The molecule has 0 aromatic heterocycles. The number of nitrogens with zero attached hydrogens (tertiary/aromatic N) is 1. The molecule has 3 nitrogen and oxygen atoms in total. The SMILES string of the molecule is CCC1Nc2cc(Br)ccc2N(CC(C)C)C1=O. The smallest absolute Gasteiger partial charge is 0.249 e. The summed E-state index contributed by atoms with van der Waals surface area (Å²) in [7, 11) is 0. The molecule has 1 unspecified atom stereocenters. The van der Waals surface area contributed by atoms with Gasteiger partial charge in [-0.05, 0) is 30.5 Å². The van der Waals surface area contributed by atoms with Crippen LogP contribution in [-0.2, 0) is 4.79 Å². The minimum absolute atomic E-state index is 0.106. The van der Waals surface area contributed by atoms with E-state index in [1.807, 2.05) is 30.0 Å². The highest BCUT2D eigenvalue weighted by molar-refractivity contribution is 9.10. The van der Waals surface area contributed by atoms with Crippen molar-refractivity contribution >= 4 is 33.2 Å². The molecular formula is C14H19BrN2O. The summed E-state index contributed by atoms with van der Waals surface area (Å²) in [6.45, 7) is 7.07. The first kappa shape index (κ1) is 13.4. The average molecular weight is 311 g/mol. The van der Waals surface area contributed by atoms with Crippen molar-refractivity contribution in [3.05, 3.63) is 22.7 Å². The normalized spacial score (nSPS) is 18.8. The molecule has 1 aromatic carbocycles. The van der Waals surface area contributed by atoms with Crippen LogP contribution in [0.15, 0.2) is 22.7 Å². The van der Waals surface area contributed by atoms with Gasteiger partial charge in [-0.1, -0.05) is 36.7 Å². The topological polar surface area (TPSA) is 32.3 Å². The predicted octanol–water partition coefficient (Wildman–Crippen LogP) is 3.64. The summed E-state index contributed by atoms with van der Waals surface area (Å²) in [4.78, 5) is 14.3. The van der Waals surface area contributed by atoms with E-state index in [1.54, 1.807) is 0 Å². The molecule has 0 spiro atoms. The highest BCUT2D eigenvalue weighted by atomic mass is 79.9. The summed E-state index contributed by atoms with van der Waals surface area (Å²) in [5, 5.41) is 3.32. The lowest BCUT2D eigenvalue weighted by molar-refractivity contribution is -0.119. The van der Waals surface area contributed by atoms with Crippen molar-refractivity contribution in [2.24, 2.45) is 5.92 Å². The van der Waals surface area contributed by atoms with Crippen molar-refractivity contribution in [3.8, 4) is 0 Å². The molecule has 0 radical (unpaired) electrons. The fourth-order valence-electron chi connectivity index (χ4n) is 2.25. The van der Waals surface area contributed by atoms with Crippen LogP contribution < -0.4 is 10.2 Å². The Hall–Kier alpha value is -1.03. The quantitative estimate of drug-likeness (QED) is 0.924. The van der Waals surface area contributed by atoms with Crippen LogP contribution in [0, 0.1) is 5.92 Å². The van der Waals surface area contributed by atoms with E-state index in [1.165, 1.54) is 0 Å². The zero-order valence-corrected chi connectivity index (χ0v) is 12.6. The summed E-state index contributed by atoms with van der Waals surface area (Å²) < 4.78 is 1.03. The number of carbonyl (C=O) groups excluding carboxylic acids is 1. The van der Waals surface area contributed by atoms with Gasteiger partial charge in [-0.15, -0.1) is 0 Å². The second-order valence-electron chi connectivity index (χ2n) is 5.11. The van der Waals surface area contributed by atoms with Gasteiger partial charge in [0, 0.05) is 11.0 Å². The molecule has 0 saturated heterocycles. The second kappa shape index (κ2) is 5.31. The molecule has 1 atom stereocenters. The molecule has 0 fully saturated rings. The lowest BCUT2D eigenvalue weighted by Gasteiger charge is -2.36. The molecular weight excluding hydrogens is 292 g/mol. The molecule has 98 valence electrons. The standard InChI is InChI=1S/C14H19BrN2O/c1-4-11-14(18)17(8-9(2)3)13-6-5-10(15)7-12(13)16-11/h5-7,9,11,16H,4,8H2,1-3H3.